The van der Waals surface area contributed by atoms with Crippen LogP contribution in [-0.2, 0) is 11.2 Å². The molecule has 0 bridgehead atoms. The molecule has 1 aromatic carbocycles. The fraction of sp³-hybridized carbons (Fsp3) is 0.417. The molecule has 88 valence electrons. The molecule has 1 amide bonds. The van der Waals surface area contributed by atoms with Crippen molar-refractivity contribution in [3.05, 3.63) is 29.8 Å². The number of phenols is 1. The molecule has 0 aliphatic carbocycles. The molecular formula is C12H16ClNO2. The monoisotopic (exact) mass is 241 g/mol. The van der Waals surface area contributed by atoms with Crippen LogP contribution in [0.15, 0.2) is 24.3 Å². The Morgan fingerprint density at radius 1 is 1.31 bits per heavy atom. The van der Waals surface area contributed by atoms with Crippen molar-refractivity contribution in [3.63, 3.8) is 0 Å². The summed E-state index contributed by atoms with van der Waals surface area (Å²) in [5.74, 6) is 0.820. The maximum absolute atomic E-state index is 11.2. The van der Waals surface area contributed by atoms with Crippen molar-refractivity contribution in [2.75, 3.05) is 12.4 Å². The van der Waals surface area contributed by atoms with Crippen molar-refractivity contribution < 1.29 is 9.90 Å². The average molecular weight is 242 g/mol. The van der Waals surface area contributed by atoms with Crippen molar-refractivity contribution in [1.29, 1.82) is 0 Å². The number of aromatic hydroxyl groups is 1. The molecular weight excluding hydrogens is 226 g/mol. The van der Waals surface area contributed by atoms with Crippen LogP contribution in [0.2, 0.25) is 0 Å². The number of amides is 1. The highest BCUT2D eigenvalue weighted by Gasteiger charge is 2.00. The lowest BCUT2D eigenvalue weighted by atomic mass is 10.1. The van der Waals surface area contributed by atoms with Gasteiger partial charge in [0.1, 0.15) is 5.75 Å². The second kappa shape index (κ2) is 7.12. The van der Waals surface area contributed by atoms with Gasteiger partial charge in [0.05, 0.1) is 0 Å². The number of hydrogen-bond donors (Lipinski definition) is 2. The minimum Gasteiger partial charge on any atom is -0.508 e. The van der Waals surface area contributed by atoms with Crippen molar-refractivity contribution in [2.45, 2.75) is 19.3 Å². The first-order valence-electron chi connectivity index (χ1n) is 5.33. The molecule has 0 saturated heterocycles. The zero-order valence-electron chi connectivity index (χ0n) is 9.08. The van der Waals surface area contributed by atoms with Gasteiger partial charge in [-0.2, -0.15) is 0 Å². The highest BCUT2D eigenvalue weighted by Crippen LogP contribution is 2.09. The van der Waals surface area contributed by atoms with E-state index >= 15 is 0 Å². The Morgan fingerprint density at radius 3 is 2.62 bits per heavy atom. The maximum Gasteiger partial charge on any atom is 0.220 e. The van der Waals surface area contributed by atoms with Gasteiger partial charge in [0.15, 0.2) is 0 Å². The van der Waals surface area contributed by atoms with Gasteiger partial charge in [0.25, 0.3) is 0 Å². The van der Waals surface area contributed by atoms with Crippen LogP contribution < -0.4 is 5.32 Å². The van der Waals surface area contributed by atoms with E-state index < -0.39 is 0 Å². The van der Waals surface area contributed by atoms with Gasteiger partial charge in [-0.05, 0) is 30.5 Å². The summed E-state index contributed by atoms with van der Waals surface area (Å²) in [6, 6.07) is 6.98. The molecule has 0 aliphatic rings. The smallest absolute Gasteiger partial charge is 0.220 e. The normalized spacial score (nSPS) is 10.1. The molecule has 0 spiro atoms. The van der Waals surface area contributed by atoms with Crippen LogP contribution in [0.5, 0.6) is 5.75 Å². The third-order valence-electron chi connectivity index (χ3n) is 2.21. The minimum atomic E-state index is 0.0411. The number of carbonyl (C=O) groups is 1. The van der Waals surface area contributed by atoms with E-state index in [9.17, 15) is 4.79 Å². The van der Waals surface area contributed by atoms with E-state index in [0.29, 0.717) is 25.3 Å². The summed E-state index contributed by atoms with van der Waals surface area (Å²) >= 11 is 5.49. The molecule has 1 aromatic rings. The Morgan fingerprint density at radius 2 is 2.00 bits per heavy atom. The summed E-state index contributed by atoms with van der Waals surface area (Å²) in [6.45, 7) is 0.617. The van der Waals surface area contributed by atoms with E-state index in [2.05, 4.69) is 5.32 Å². The highest BCUT2D eigenvalue weighted by atomic mass is 35.5. The van der Waals surface area contributed by atoms with Gasteiger partial charge >= 0.3 is 0 Å². The van der Waals surface area contributed by atoms with Crippen LogP contribution >= 0.6 is 11.6 Å². The standard InChI is InChI=1S/C12H16ClNO2/c13-8-1-2-12(16)14-9-7-10-3-5-11(15)6-4-10/h3-6,15H,1-2,7-9H2,(H,14,16). The van der Waals surface area contributed by atoms with E-state index in [1.54, 1.807) is 12.1 Å². The third kappa shape index (κ3) is 5.03. The van der Waals surface area contributed by atoms with Crippen LogP contribution in [0.1, 0.15) is 18.4 Å². The molecule has 0 heterocycles. The highest BCUT2D eigenvalue weighted by molar-refractivity contribution is 6.17. The Labute approximate surface area is 100 Å². The summed E-state index contributed by atoms with van der Waals surface area (Å²) in [6.07, 6.45) is 1.97. The van der Waals surface area contributed by atoms with Gasteiger partial charge in [0, 0.05) is 18.8 Å². The van der Waals surface area contributed by atoms with Crippen molar-refractivity contribution in [3.8, 4) is 5.75 Å². The number of rotatable bonds is 6. The summed E-state index contributed by atoms with van der Waals surface area (Å²) in [5.41, 5.74) is 1.09. The van der Waals surface area contributed by atoms with Gasteiger partial charge in [-0.3, -0.25) is 4.79 Å². The lowest BCUT2D eigenvalue weighted by Gasteiger charge is -2.04. The molecule has 3 nitrogen and oxygen atoms in total. The largest absolute Gasteiger partial charge is 0.508 e. The van der Waals surface area contributed by atoms with Crippen molar-refractivity contribution in [2.24, 2.45) is 0 Å². The van der Waals surface area contributed by atoms with Gasteiger partial charge in [-0.25, -0.2) is 0 Å². The summed E-state index contributed by atoms with van der Waals surface area (Å²) in [7, 11) is 0. The fourth-order valence-electron chi connectivity index (χ4n) is 1.32. The van der Waals surface area contributed by atoms with E-state index in [4.69, 9.17) is 16.7 Å². The number of hydrogen-bond acceptors (Lipinski definition) is 2. The van der Waals surface area contributed by atoms with Gasteiger partial charge in [-0.15, -0.1) is 11.6 Å². The third-order valence-corrected chi connectivity index (χ3v) is 2.48. The number of benzene rings is 1. The minimum absolute atomic E-state index is 0.0411. The van der Waals surface area contributed by atoms with Gasteiger partial charge in [-0.1, -0.05) is 12.1 Å². The first-order valence-corrected chi connectivity index (χ1v) is 5.86. The van der Waals surface area contributed by atoms with Crippen molar-refractivity contribution >= 4 is 17.5 Å². The second-order valence-corrected chi connectivity index (χ2v) is 3.94. The Bertz CT molecular complexity index is 324. The molecule has 0 aliphatic heterocycles. The molecule has 16 heavy (non-hydrogen) atoms. The van der Waals surface area contributed by atoms with E-state index in [-0.39, 0.29) is 11.7 Å². The lowest BCUT2D eigenvalue weighted by molar-refractivity contribution is -0.121. The number of carbonyl (C=O) groups excluding carboxylic acids is 1. The average Bonchev–Trinajstić information content (AvgIpc) is 2.29. The summed E-state index contributed by atoms with van der Waals surface area (Å²) < 4.78 is 0. The Kier molecular flexibility index (Phi) is 5.72. The zero-order valence-corrected chi connectivity index (χ0v) is 9.83. The molecule has 1 rings (SSSR count). The van der Waals surface area contributed by atoms with Crippen LogP contribution in [0.3, 0.4) is 0 Å². The van der Waals surface area contributed by atoms with Gasteiger partial charge < -0.3 is 10.4 Å². The molecule has 4 heteroatoms. The zero-order chi connectivity index (χ0) is 11.8. The van der Waals surface area contributed by atoms with E-state index in [1.165, 1.54) is 0 Å². The Hall–Kier alpha value is -1.22. The molecule has 0 atom stereocenters. The first-order chi connectivity index (χ1) is 7.72. The molecule has 0 aromatic heterocycles. The lowest BCUT2D eigenvalue weighted by Crippen LogP contribution is -2.25. The molecule has 0 saturated carbocycles. The molecule has 0 fully saturated rings. The predicted octanol–water partition coefficient (Wildman–Crippen LogP) is 2.07. The first kappa shape index (κ1) is 12.8. The van der Waals surface area contributed by atoms with Crippen LogP contribution in [0.25, 0.3) is 0 Å². The number of phenolic OH excluding ortho intramolecular Hbond substituents is 1. The molecule has 0 unspecified atom stereocenters. The number of halogens is 1. The predicted molar refractivity (Wildman–Crippen MR) is 64.8 cm³/mol. The summed E-state index contributed by atoms with van der Waals surface area (Å²) in [4.78, 5) is 11.2. The molecule has 0 radical (unpaired) electrons. The SMILES string of the molecule is O=C(CCCCl)NCCc1ccc(O)cc1. The second-order valence-electron chi connectivity index (χ2n) is 3.56. The topological polar surface area (TPSA) is 49.3 Å². The number of alkyl halides is 1. The molecule has 2 N–H and O–H groups in total. The van der Waals surface area contributed by atoms with E-state index in [1.807, 2.05) is 12.1 Å². The number of nitrogens with one attached hydrogen (secondary N) is 1. The van der Waals surface area contributed by atoms with Crippen molar-refractivity contribution in [1.82, 2.24) is 5.32 Å². The van der Waals surface area contributed by atoms with E-state index in [0.717, 1.165) is 12.0 Å². The maximum atomic E-state index is 11.2. The quantitative estimate of drug-likeness (QED) is 0.750. The van der Waals surface area contributed by atoms with Crippen LogP contribution in [0, 0.1) is 0 Å². The van der Waals surface area contributed by atoms with Crippen LogP contribution in [0.4, 0.5) is 0 Å². The summed E-state index contributed by atoms with van der Waals surface area (Å²) in [5, 5.41) is 11.9. The Balaban J connectivity index is 2.20. The fourth-order valence-corrected chi connectivity index (χ4v) is 1.46. The van der Waals surface area contributed by atoms with Gasteiger partial charge in [0.2, 0.25) is 5.91 Å². The van der Waals surface area contributed by atoms with Crippen LogP contribution in [-0.4, -0.2) is 23.4 Å².